The molecular formula is C26H31N5O4. The first-order valence-corrected chi connectivity index (χ1v) is 11.9. The number of carbonyl (C=O) groups is 4. The molecule has 2 heterocycles. The standard InChI is InChI=1S/C26H31N5O4/c1-26(15-12-19-8-4-2-5-9-19)24(34)31(25(35)28-26)29-22(32)18-30-16-13-20(14-17-30)23(33)27-21-10-6-3-7-11-21/h2-11,20H,12-18H2,1H3,(H,27,33)(H,28,35)(H,29,32). The van der Waals surface area contributed by atoms with E-state index in [4.69, 9.17) is 0 Å². The summed E-state index contributed by atoms with van der Waals surface area (Å²) in [5.41, 5.74) is 3.21. The van der Waals surface area contributed by atoms with Gasteiger partial charge in [-0.15, -0.1) is 0 Å². The van der Waals surface area contributed by atoms with E-state index in [-0.39, 0.29) is 18.4 Å². The molecule has 0 aliphatic carbocycles. The van der Waals surface area contributed by atoms with Crippen LogP contribution in [0.4, 0.5) is 10.5 Å². The molecule has 4 rings (SSSR count). The highest BCUT2D eigenvalue weighted by Crippen LogP contribution is 2.23. The quantitative estimate of drug-likeness (QED) is 0.506. The van der Waals surface area contributed by atoms with Gasteiger partial charge in [-0.1, -0.05) is 48.5 Å². The Labute approximate surface area is 204 Å². The summed E-state index contributed by atoms with van der Waals surface area (Å²) in [6.07, 6.45) is 2.31. The molecule has 184 valence electrons. The molecule has 5 amide bonds. The number of amides is 5. The second kappa shape index (κ2) is 10.7. The highest BCUT2D eigenvalue weighted by molar-refractivity contribution is 6.07. The maximum atomic E-state index is 12.9. The van der Waals surface area contributed by atoms with Gasteiger partial charge >= 0.3 is 6.03 Å². The van der Waals surface area contributed by atoms with Crippen LogP contribution >= 0.6 is 0 Å². The van der Waals surface area contributed by atoms with E-state index in [1.807, 2.05) is 65.6 Å². The number of anilines is 1. The minimum atomic E-state index is -1.08. The van der Waals surface area contributed by atoms with Gasteiger partial charge in [0.05, 0.1) is 6.54 Å². The number of rotatable bonds is 8. The van der Waals surface area contributed by atoms with Crippen molar-refractivity contribution in [1.29, 1.82) is 0 Å². The molecule has 2 aliphatic heterocycles. The lowest BCUT2D eigenvalue weighted by Gasteiger charge is -2.31. The summed E-state index contributed by atoms with van der Waals surface area (Å²) in [6, 6.07) is 18.4. The fourth-order valence-electron chi connectivity index (χ4n) is 4.48. The van der Waals surface area contributed by atoms with E-state index in [0.29, 0.717) is 38.8 Å². The smallest absolute Gasteiger partial charge is 0.326 e. The number of likely N-dealkylation sites (tertiary alicyclic amines) is 1. The van der Waals surface area contributed by atoms with Gasteiger partial charge in [0.2, 0.25) is 5.91 Å². The van der Waals surface area contributed by atoms with Crippen LogP contribution in [0.5, 0.6) is 0 Å². The van der Waals surface area contributed by atoms with E-state index in [1.54, 1.807) is 6.92 Å². The second-order valence-corrected chi connectivity index (χ2v) is 9.33. The molecule has 2 fully saturated rings. The summed E-state index contributed by atoms with van der Waals surface area (Å²) >= 11 is 0. The highest BCUT2D eigenvalue weighted by Gasteiger charge is 2.48. The van der Waals surface area contributed by atoms with Crippen LogP contribution in [0.3, 0.4) is 0 Å². The van der Waals surface area contributed by atoms with Crippen molar-refractivity contribution >= 4 is 29.4 Å². The van der Waals surface area contributed by atoms with Gasteiger partial charge in [-0.05, 0) is 63.4 Å². The van der Waals surface area contributed by atoms with Gasteiger partial charge in [0.25, 0.3) is 11.8 Å². The van der Waals surface area contributed by atoms with Crippen LogP contribution in [0.1, 0.15) is 31.7 Å². The number of urea groups is 1. The average Bonchev–Trinajstić information content (AvgIpc) is 3.07. The normalized spacial score (nSPS) is 21.0. The predicted molar refractivity (Wildman–Crippen MR) is 131 cm³/mol. The zero-order valence-electron chi connectivity index (χ0n) is 19.8. The van der Waals surface area contributed by atoms with E-state index in [9.17, 15) is 19.2 Å². The number of hydrogen-bond donors (Lipinski definition) is 3. The fraction of sp³-hybridized carbons (Fsp3) is 0.385. The van der Waals surface area contributed by atoms with Crippen molar-refractivity contribution in [2.45, 2.75) is 38.1 Å². The summed E-state index contributed by atoms with van der Waals surface area (Å²) < 4.78 is 0. The number of para-hydroxylation sites is 1. The first-order chi connectivity index (χ1) is 16.8. The zero-order chi connectivity index (χ0) is 24.8. The topological polar surface area (TPSA) is 111 Å². The van der Waals surface area contributed by atoms with Crippen molar-refractivity contribution in [1.82, 2.24) is 20.7 Å². The van der Waals surface area contributed by atoms with E-state index in [0.717, 1.165) is 16.3 Å². The van der Waals surface area contributed by atoms with Crippen LogP contribution in [-0.2, 0) is 20.8 Å². The van der Waals surface area contributed by atoms with Crippen molar-refractivity contribution in [2.24, 2.45) is 5.92 Å². The van der Waals surface area contributed by atoms with Crippen LogP contribution in [0, 0.1) is 5.92 Å². The summed E-state index contributed by atoms with van der Waals surface area (Å²) in [7, 11) is 0. The molecular weight excluding hydrogens is 446 g/mol. The van der Waals surface area contributed by atoms with Crippen molar-refractivity contribution in [3.63, 3.8) is 0 Å². The zero-order valence-corrected chi connectivity index (χ0v) is 19.8. The van der Waals surface area contributed by atoms with Gasteiger partial charge in [0.1, 0.15) is 5.54 Å². The molecule has 1 unspecified atom stereocenters. The van der Waals surface area contributed by atoms with Crippen LogP contribution < -0.4 is 16.1 Å². The third-order valence-electron chi connectivity index (χ3n) is 6.62. The van der Waals surface area contributed by atoms with Gasteiger partial charge in [-0.2, -0.15) is 5.01 Å². The van der Waals surface area contributed by atoms with Crippen molar-refractivity contribution in [3.8, 4) is 0 Å². The lowest BCUT2D eigenvalue weighted by Crippen LogP contribution is -2.52. The van der Waals surface area contributed by atoms with Gasteiger partial charge in [0, 0.05) is 11.6 Å². The molecule has 2 aromatic rings. The largest absolute Gasteiger partial charge is 0.344 e. The number of piperidine rings is 1. The monoisotopic (exact) mass is 477 g/mol. The predicted octanol–water partition coefficient (Wildman–Crippen LogP) is 2.31. The number of imide groups is 1. The number of nitrogens with one attached hydrogen (secondary N) is 3. The first-order valence-electron chi connectivity index (χ1n) is 11.9. The number of aryl methyl sites for hydroxylation is 1. The van der Waals surface area contributed by atoms with Crippen LogP contribution in [0.15, 0.2) is 60.7 Å². The molecule has 9 heteroatoms. The van der Waals surface area contributed by atoms with E-state index < -0.39 is 23.4 Å². The molecule has 9 nitrogen and oxygen atoms in total. The average molecular weight is 478 g/mol. The molecule has 0 aromatic heterocycles. The lowest BCUT2D eigenvalue weighted by molar-refractivity contribution is -0.139. The Morgan fingerprint density at radius 2 is 1.63 bits per heavy atom. The maximum absolute atomic E-state index is 12.9. The number of benzene rings is 2. The molecule has 0 spiro atoms. The molecule has 1 atom stereocenters. The Hall–Kier alpha value is -3.72. The van der Waals surface area contributed by atoms with Gasteiger partial charge in [-0.25, -0.2) is 4.79 Å². The van der Waals surface area contributed by atoms with Gasteiger partial charge in [-0.3, -0.25) is 24.7 Å². The van der Waals surface area contributed by atoms with Crippen molar-refractivity contribution in [2.75, 3.05) is 25.0 Å². The van der Waals surface area contributed by atoms with Crippen LogP contribution in [0.2, 0.25) is 0 Å². The highest BCUT2D eigenvalue weighted by atomic mass is 16.2. The Morgan fingerprint density at radius 1 is 1.00 bits per heavy atom. The van der Waals surface area contributed by atoms with Crippen LogP contribution in [-0.4, -0.2) is 58.8 Å². The lowest BCUT2D eigenvalue weighted by atomic mass is 9.93. The Kier molecular flexibility index (Phi) is 7.45. The fourth-order valence-corrected chi connectivity index (χ4v) is 4.48. The number of hydrazine groups is 1. The molecule has 3 N–H and O–H groups in total. The van der Waals surface area contributed by atoms with Crippen molar-refractivity contribution < 1.29 is 19.2 Å². The minimum absolute atomic E-state index is 0.0191. The number of hydrogen-bond acceptors (Lipinski definition) is 5. The van der Waals surface area contributed by atoms with Gasteiger partial charge in [0.15, 0.2) is 0 Å². The van der Waals surface area contributed by atoms with E-state index in [1.165, 1.54) is 0 Å². The molecule has 2 aromatic carbocycles. The molecule has 2 aliphatic rings. The molecule has 0 saturated carbocycles. The van der Waals surface area contributed by atoms with Gasteiger partial charge < -0.3 is 10.6 Å². The number of carbonyl (C=O) groups excluding carboxylic acids is 4. The summed E-state index contributed by atoms with van der Waals surface area (Å²) in [6.45, 7) is 2.88. The Morgan fingerprint density at radius 3 is 2.29 bits per heavy atom. The SMILES string of the molecule is CC1(CCc2ccccc2)NC(=O)N(NC(=O)CN2CCC(C(=O)Nc3ccccc3)CC2)C1=O. The molecule has 35 heavy (non-hydrogen) atoms. The van der Waals surface area contributed by atoms with E-state index >= 15 is 0 Å². The third-order valence-corrected chi connectivity index (χ3v) is 6.62. The van der Waals surface area contributed by atoms with E-state index in [2.05, 4.69) is 16.1 Å². The molecule has 2 saturated heterocycles. The summed E-state index contributed by atoms with van der Waals surface area (Å²) in [5.74, 6) is -1.05. The maximum Gasteiger partial charge on any atom is 0.344 e. The summed E-state index contributed by atoms with van der Waals surface area (Å²) in [5, 5.41) is 6.43. The van der Waals surface area contributed by atoms with Crippen molar-refractivity contribution in [3.05, 3.63) is 66.2 Å². The third kappa shape index (κ3) is 6.05. The second-order valence-electron chi connectivity index (χ2n) is 9.33. The minimum Gasteiger partial charge on any atom is -0.326 e. The first kappa shape index (κ1) is 24.4. The Bertz CT molecular complexity index is 1070. The van der Waals surface area contributed by atoms with Crippen LogP contribution in [0.25, 0.3) is 0 Å². The molecule has 0 bridgehead atoms. The number of nitrogens with zero attached hydrogens (tertiary/aromatic N) is 2. The Balaban J connectivity index is 1.23. The summed E-state index contributed by atoms with van der Waals surface area (Å²) in [4.78, 5) is 52.4. The molecule has 0 radical (unpaired) electrons.